The fourth-order valence-corrected chi connectivity index (χ4v) is 3.54. The number of amides is 1. The maximum Gasteiger partial charge on any atom is 0.339 e. The Labute approximate surface area is 203 Å². The molecular formula is C27H27NO7. The zero-order valence-electron chi connectivity index (χ0n) is 20.3. The van der Waals surface area contributed by atoms with Crippen LogP contribution in [0.5, 0.6) is 17.2 Å². The number of nitrogens with one attached hydrogen (secondary N) is 1. The molecule has 0 fully saturated rings. The van der Waals surface area contributed by atoms with Crippen molar-refractivity contribution in [2.24, 2.45) is 0 Å². The topological polar surface area (TPSA) is 100 Å². The molecule has 1 N–H and O–H groups in total. The van der Waals surface area contributed by atoms with Crippen molar-refractivity contribution in [3.8, 4) is 17.2 Å². The number of anilines is 1. The Morgan fingerprint density at radius 1 is 0.771 bits per heavy atom. The Bertz CT molecular complexity index is 1240. The minimum Gasteiger partial charge on any atom is -0.493 e. The Balaban J connectivity index is 1.74. The van der Waals surface area contributed by atoms with Crippen molar-refractivity contribution in [3.63, 3.8) is 0 Å². The SMILES string of the molecule is COc1cc(NC(=O)COC(=O)c2ccccc2C(=O)c2cc(C)ccc2C)cc(OC)c1OC. The minimum atomic E-state index is -0.778. The molecule has 182 valence electrons. The van der Waals surface area contributed by atoms with Gasteiger partial charge in [0.05, 0.1) is 26.9 Å². The highest BCUT2D eigenvalue weighted by atomic mass is 16.5. The Kier molecular flexibility index (Phi) is 8.09. The number of carbonyl (C=O) groups is 3. The molecule has 0 saturated heterocycles. The first-order valence-electron chi connectivity index (χ1n) is 10.8. The van der Waals surface area contributed by atoms with Crippen LogP contribution in [-0.4, -0.2) is 45.6 Å². The van der Waals surface area contributed by atoms with Gasteiger partial charge in [-0.25, -0.2) is 4.79 Å². The van der Waals surface area contributed by atoms with Gasteiger partial charge in [0.15, 0.2) is 23.9 Å². The molecule has 8 nitrogen and oxygen atoms in total. The zero-order valence-corrected chi connectivity index (χ0v) is 20.3. The van der Waals surface area contributed by atoms with Gasteiger partial charge in [-0.15, -0.1) is 0 Å². The van der Waals surface area contributed by atoms with E-state index in [0.29, 0.717) is 28.5 Å². The van der Waals surface area contributed by atoms with E-state index in [1.165, 1.54) is 27.4 Å². The van der Waals surface area contributed by atoms with E-state index < -0.39 is 18.5 Å². The second kappa shape index (κ2) is 11.2. The van der Waals surface area contributed by atoms with Crippen LogP contribution >= 0.6 is 0 Å². The lowest BCUT2D eigenvalue weighted by Gasteiger charge is -2.15. The minimum absolute atomic E-state index is 0.0824. The molecular weight excluding hydrogens is 450 g/mol. The number of esters is 1. The molecule has 0 unspecified atom stereocenters. The zero-order chi connectivity index (χ0) is 25.5. The summed E-state index contributed by atoms with van der Waals surface area (Å²) in [5, 5.41) is 2.63. The molecule has 0 aliphatic heterocycles. The normalized spacial score (nSPS) is 10.3. The number of ketones is 1. The van der Waals surface area contributed by atoms with Crippen molar-refractivity contribution in [2.75, 3.05) is 33.3 Å². The molecule has 0 heterocycles. The number of hydrogen-bond donors (Lipinski definition) is 1. The molecule has 0 aliphatic carbocycles. The van der Waals surface area contributed by atoms with Gasteiger partial charge in [-0.05, 0) is 31.5 Å². The van der Waals surface area contributed by atoms with Crippen molar-refractivity contribution < 1.29 is 33.3 Å². The van der Waals surface area contributed by atoms with E-state index in [1.807, 2.05) is 26.0 Å². The highest BCUT2D eigenvalue weighted by Crippen LogP contribution is 2.39. The second-order valence-electron chi connectivity index (χ2n) is 7.73. The van der Waals surface area contributed by atoms with E-state index >= 15 is 0 Å². The molecule has 3 rings (SSSR count). The maximum absolute atomic E-state index is 13.2. The fraction of sp³-hybridized carbons (Fsp3) is 0.222. The van der Waals surface area contributed by atoms with Gasteiger partial charge >= 0.3 is 5.97 Å². The lowest BCUT2D eigenvalue weighted by Crippen LogP contribution is -2.22. The van der Waals surface area contributed by atoms with Gasteiger partial charge in [0.1, 0.15) is 0 Å². The number of carbonyl (C=O) groups excluding carboxylic acids is 3. The molecule has 0 radical (unpaired) electrons. The van der Waals surface area contributed by atoms with Crippen molar-refractivity contribution in [2.45, 2.75) is 13.8 Å². The van der Waals surface area contributed by atoms with E-state index in [2.05, 4.69) is 5.32 Å². The summed E-state index contributed by atoms with van der Waals surface area (Å²) in [5.74, 6) is -0.550. The van der Waals surface area contributed by atoms with Crippen LogP contribution in [0.2, 0.25) is 0 Å². The van der Waals surface area contributed by atoms with Crippen molar-refractivity contribution in [1.29, 1.82) is 0 Å². The monoisotopic (exact) mass is 477 g/mol. The lowest BCUT2D eigenvalue weighted by atomic mass is 9.94. The summed E-state index contributed by atoms with van der Waals surface area (Å²) in [7, 11) is 4.39. The van der Waals surface area contributed by atoms with E-state index in [9.17, 15) is 14.4 Å². The molecule has 0 saturated carbocycles. The molecule has 0 aliphatic rings. The third-order valence-electron chi connectivity index (χ3n) is 5.31. The van der Waals surface area contributed by atoms with E-state index in [-0.39, 0.29) is 16.9 Å². The second-order valence-corrected chi connectivity index (χ2v) is 7.73. The number of methoxy groups -OCH3 is 3. The molecule has 35 heavy (non-hydrogen) atoms. The van der Waals surface area contributed by atoms with Crippen LogP contribution in [0, 0.1) is 13.8 Å². The van der Waals surface area contributed by atoms with Crippen LogP contribution in [0.15, 0.2) is 54.6 Å². The summed E-state index contributed by atoms with van der Waals surface area (Å²) < 4.78 is 21.0. The number of rotatable bonds is 9. The first-order chi connectivity index (χ1) is 16.8. The molecule has 3 aromatic carbocycles. The fourth-order valence-electron chi connectivity index (χ4n) is 3.54. The molecule has 8 heteroatoms. The predicted octanol–water partition coefficient (Wildman–Crippen LogP) is 4.36. The smallest absolute Gasteiger partial charge is 0.339 e. The van der Waals surface area contributed by atoms with Gasteiger partial charge in [-0.2, -0.15) is 0 Å². The van der Waals surface area contributed by atoms with E-state index in [1.54, 1.807) is 36.4 Å². The number of aryl methyl sites for hydroxylation is 2. The van der Waals surface area contributed by atoms with Crippen molar-refractivity contribution in [1.82, 2.24) is 0 Å². The van der Waals surface area contributed by atoms with Crippen LogP contribution in [-0.2, 0) is 9.53 Å². The Morgan fingerprint density at radius 3 is 2.00 bits per heavy atom. The highest BCUT2D eigenvalue weighted by molar-refractivity contribution is 6.15. The number of hydrogen-bond acceptors (Lipinski definition) is 7. The summed E-state index contributed by atoms with van der Waals surface area (Å²) >= 11 is 0. The largest absolute Gasteiger partial charge is 0.493 e. The van der Waals surface area contributed by atoms with Gasteiger partial charge in [0.25, 0.3) is 5.91 Å². The molecule has 0 bridgehead atoms. The predicted molar refractivity (Wildman–Crippen MR) is 131 cm³/mol. The van der Waals surface area contributed by atoms with Crippen LogP contribution in [0.4, 0.5) is 5.69 Å². The van der Waals surface area contributed by atoms with Gasteiger partial charge in [-0.3, -0.25) is 9.59 Å². The van der Waals surface area contributed by atoms with Gasteiger partial charge in [-0.1, -0.05) is 35.9 Å². The van der Waals surface area contributed by atoms with Crippen LogP contribution in [0.3, 0.4) is 0 Å². The summed E-state index contributed by atoms with van der Waals surface area (Å²) in [6, 6.07) is 15.0. The van der Waals surface area contributed by atoms with Crippen LogP contribution in [0.25, 0.3) is 0 Å². The molecule has 1 amide bonds. The van der Waals surface area contributed by atoms with E-state index in [4.69, 9.17) is 18.9 Å². The Morgan fingerprint density at radius 2 is 1.40 bits per heavy atom. The first-order valence-corrected chi connectivity index (χ1v) is 10.8. The van der Waals surface area contributed by atoms with Crippen molar-refractivity contribution in [3.05, 3.63) is 82.4 Å². The lowest BCUT2D eigenvalue weighted by molar-refractivity contribution is -0.119. The molecule has 0 aromatic heterocycles. The average molecular weight is 478 g/mol. The van der Waals surface area contributed by atoms with Gasteiger partial charge in [0, 0.05) is 28.9 Å². The third kappa shape index (κ3) is 5.78. The van der Waals surface area contributed by atoms with Crippen LogP contribution < -0.4 is 19.5 Å². The first kappa shape index (κ1) is 25.3. The average Bonchev–Trinajstić information content (AvgIpc) is 2.87. The maximum atomic E-state index is 13.2. The van der Waals surface area contributed by atoms with E-state index in [0.717, 1.165) is 11.1 Å². The molecule has 0 atom stereocenters. The van der Waals surface area contributed by atoms with Crippen molar-refractivity contribution >= 4 is 23.3 Å². The molecule has 3 aromatic rings. The summed E-state index contributed by atoms with van der Waals surface area (Å²) in [5.41, 5.74) is 2.89. The summed E-state index contributed by atoms with van der Waals surface area (Å²) in [6.07, 6.45) is 0. The quantitative estimate of drug-likeness (QED) is 0.361. The molecule has 0 spiro atoms. The van der Waals surface area contributed by atoms with Gasteiger partial charge < -0.3 is 24.3 Å². The third-order valence-corrected chi connectivity index (χ3v) is 5.31. The summed E-state index contributed by atoms with van der Waals surface area (Å²) in [6.45, 7) is 3.17. The van der Waals surface area contributed by atoms with Gasteiger partial charge in [0.2, 0.25) is 5.75 Å². The highest BCUT2D eigenvalue weighted by Gasteiger charge is 2.21. The van der Waals surface area contributed by atoms with Crippen LogP contribution in [0.1, 0.15) is 37.4 Å². The Hall–Kier alpha value is -4.33. The number of benzene rings is 3. The summed E-state index contributed by atoms with van der Waals surface area (Å²) in [4.78, 5) is 38.4. The standard InChI is InChI=1S/C27H27NO7/c1-16-10-11-17(2)21(12-16)25(30)19-8-6-7-9-20(19)27(31)35-15-24(29)28-18-13-22(32-3)26(34-5)23(14-18)33-4/h6-14H,15H2,1-5H3,(H,28,29). The number of ether oxygens (including phenoxy) is 4.